The third kappa shape index (κ3) is 7.73. The van der Waals surface area contributed by atoms with E-state index in [9.17, 15) is 19.2 Å². The van der Waals surface area contributed by atoms with Gasteiger partial charge in [0.15, 0.2) is 5.78 Å². The highest BCUT2D eigenvalue weighted by atomic mass is 35.5. The summed E-state index contributed by atoms with van der Waals surface area (Å²) in [5.41, 5.74) is 3.49. The monoisotopic (exact) mass is 589 g/mol. The lowest BCUT2D eigenvalue weighted by Gasteiger charge is -2.17. The van der Waals surface area contributed by atoms with Crippen LogP contribution in [-0.2, 0) is 20.8 Å². The number of aliphatic carboxylic acids is 1. The number of ketones is 2. The molecule has 0 bridgehead atoms. The van der Waals surface area contributed by atoms with Crippen LogP contribution < -0.4 is 10.6 Å². The van der Waals surface area contributed by atoms with Gasteiger partial charge in [-0.1, -0.05) is 23.2 Å². The summed E-state index contributed by atoms with van der Waals surface area (Å²) >= 11 is 14.2. The van der Waals surface area contributed by atoms with Gasteiger partial charge in [-0.3, -0.25) is 23.7 Å². The van der Waals surface area contributed by atoms with Crippen molar-refractivity contribution < 1.29 is 24.3 Å². The molecular weight excluding hydrogens is 558 g/mol. The average molecular weight is 590 g/mol. The quantitative estimate of drug-likeness (QED) is 0.111. The smallest absolute Gasteiger partial charge is 0.321 e. The predicted molar refractivity (Wildman–Crippen MR) is 160 cm³/mol. The van der Waals surface area contributed by atoms with Crippen molar-refractivity contribution in [3.63, 3.8) is 0 Å². The number of aromatic nitrogens is 1. The van der Waals surface area contributed by atoms with E-state index in [1.165, 1.54) is 0 Å². The van der Waals surface area contributed by atoms with Crippen molar-refractivity contribution in [3.8, 4) is 0 Å². The van der Waals surface area contributed by atoms with Crippen LogP contribution in [0.2, 0.25) is 5.02 Å². The van der Waals surface area contributed by atoms with Crippen molar-refractivity contribution in [1.29, 1.82) is 0 Å². The fourth-order valence-electron chi connectivity index (χ4n) is 4.38. The van der Waals surface area contributed by atoms with Crippen molar-refractivity contribution in [1.82, 2.24) is 15.2 Å². The Morgan fingerprint density at radius 1 is 0.949 bits per heavy atom. The minimum Gasteiger partial charge on any atom is -0.480 e. The van der Waals surface area contributed by atoms with Crippen LogP contribution in [0.25, 0.3) is 10.9 Å². The van der Waals surface area contributed by atoms with Gasteiger partial charge in [-0.25, -0.2) is 0 Å². The molecular formula is C28H32ClN3O5S2. The lowest BCUT2D eigenvalue weighted by Crippen LogP contribution is -2.46. The Bertz CT molecular complexity index is 1370. The first-order valence-electron chi connectivity index (χ1n) is 12.4. The van der Waals surface area contributed by atoms with Crippen molar-refractivity contribution in [3.05, 3.63) is 69.9 Å². The number of nitrogens with zero attached hydrogens (tertiary/aromatic N) is 1. The first-order chi connectivity index (χ1) is 18.6. The van der Waals surface area contributed by atoms with Crippen LogP contribution in [0.5, 0.6) is 0 Å². The SMILES string of the molecule is Cc1ccc2c(c1)c(CC(=O)CC(=O)[C@@H](CS)NCCN[C@@H](CS)C(=O)O)c(C)n2C(=O)c1ccc(Cl)cc1. The largest absolute Gasteiger partial charge is 0.480 e. The number of Topliss-reactive ketones (excluding diaryl/α,β-unsaturated/α-hetero) is 2. The summed E-state index contributed by atoms with van der Waals surface area (Å²) in [7, 11) is 0. The number of benzene rings is 2. The van der Waals surface area contributed by atoms with E-state index in [1.54, 1.807) is 35.8 Å². The lowest BCUT2D eigenvalue weighted by atomic mass is 9.99. The van der Waals surface area contributed by atoms with Crippen LogP contribution in [0.3, 0.4) is 0 Å². The third-order valence-electron chi connectivity index (χ3n) is 6.49. The zero-order valence-corrected chi connectivity index (χ0v) is 24.3. The van der Waals surface area contributed by atoms with Crippen molar-refractivity contribution >= 4 is 71.2 Å². The minimum absolute atomic E-state index is 0.00150. The third-order valence-corrected chi connectivity index (χ3v) is 7.47. The van der Waals surface area contributed by atoms with Crippen molar-refractivity contribution in [2.75, 3.05) is 24.6 Å². The average Bonchev–Trinajstić information content (AvgIpc) is 3.16. The highest BCUT2D eigenvalue weighted by molar-refractivity contribution is 7.80. The molecule has 3 aromatic rings. The zero-order valence-electron chi connectivity index (χ0n) is 21.7. The number of thiol groups is 2. The topological polar surface area (TPSA) is 118 Å². The molecule has 3 N–H and O–H groups in total. The second-order valence-corrected chi connectivity index (χ2v) is 10.5. The van der Waals surface area contributed by atoms with E-state index in [4.69, 9.17) is 16.7 Å². The fourth-order valence-corrected chi connectivity index (χ4v) is 5.13. The number of nitrogens with one attached hydrogen (secondary N) is 2. The molecule has 0 aliphatic heterocycles. The summed E-state index contributed by atoms with van der Waals surface area (Å²) in [5.74, 6) is -1.47. The number of halogens is 1. The predicted octanol–water partition coefficient (Wildman–Crippen LogP) is 3.53. The van der Waals surface area contributed by atoms with Crippen molar-refractivity contribution in [2.24, 2.45) is 0 Å². The number of aryl methyl sites for hydroxylation is 1. The fraction of sp³-hybridized carbons (Fsp3) is 0.357. The molecule has 0 aliphatic rings. The molecule has 0 fully saturated rings. The van der Waals surface area contributed by atoms with Crippen LogP contribution in [0.15, 0.2) is 42.5 Å². The summed E-state index contributed by atoms with van der Waals surface area (Å²) in [6.45, 7) is 4.37. The number of carbonyl (C=O) groups excluding carboxylic acids is 3. The Morgan fingerprint density at radius 3 is 2.15 bits per heavy atom. The molecule has 1 heterocycles. The molecule has 0 unspecified atom stereocenters. The van der Waals surface area contributed by atoms with E-state index in [0.717, 1.165) is 10.9 Å². The number of rotatable bonds is 14. The van der Waals surface area contributed by atoms with Crippen LogP contribution >= 0.6 is 36.9 Å². The van der Waals surface area contributed by atoms with Crippen LogP contribution in [0.1, 0.15) is 33.6 Å². The van der Waals surface area contributed by atoms with E-state index >= 15 is 0 Å². The van der Waals surface area contributed by atoms with E-state index in [-0.39, 0.29) is 41.8 Å². The van der Waals surface area contributed by atoms with Crippen molar-refractivity contribution in [2.45, 2.75) is 38.8 Å². The number of fused-ring (bicyclic) bond motifs is 1. The molecule has 8 nitrogen and oxygen atoms in total. The van der Waals surface area contributed by atoms with Gasteiger partial charge in [-0.2, -0.15) is 25.3 Å². The van der Waals surface area contributed by atoms with Gasteiger partial charge < -0.3 is 15.7 Å². The van der Waals surface area contributed by atoms with Gasteiger partial charge in [-0.15, -0.1) is 0 Å². The molecule has 0 saturated heterocycles. The Hall–Kier alpha value is -2.63. The maximum atomic E-state index is 13.4. The van der Waals surface area contributed by atoms with Gasteiger partial charge in [-0.05, 0) is 55.8 Å². The molecule has 0 radical (unpaired) electrons. The lowest BCUT2D eigenvalue weighted by molar-refractivity contribution is -0.139. The maximum absolute atomic E-state index is 13.4. The van der Waals surface area contributed by atoms with E-state index in [1.807, 2.05) is 25.1 Å². The minimum atomic E-state index is -1.00. The highest BCUT2D eigenvalue weighted by Crippen LogP contribution is 2.29. The van der Waals surface area contributed by atoms with Gasteiger partial charge >= 0.3 is 5.97 Å². The maximum Gasteiger partial charge on any atom is 0.321 e. The first-order valence-corrected chi connectivity index (χ1v) is 14.1. The number of carboxylic acids is 1. The molecule has 2 aromatic carbocycles. The molecule has 208 valence electrons. The molecule has 0 aliphatic carbocycles. The highest BCUT2D eigenvalue weighted by Gasteiger charge is 2.24. The van der Waals surface area contributed by atoms with Crippen LogP contribution in [0.4, 0.5) is 0 Å². The number of hydrogen-bond donors (Lipinski definition) is 5. The number of carboxylic acid groups (broad SMARTS) is 1. The molecule has 0 amide bonds. The van der Waals surface area contributed by atoms with Gasteiger partial charge in [0.25, 0.3) is 5.91 Å². The van der Waals surface area contributed by atoms with Gasteiger partial charge in [0.05, 0.1) is 18.0 Å². The summed E-state index contributed by atoms with van der Waals surface area (Å²) in [6.07, 6.45) is -0.287. The Balaban J connectivity index is 1.74. The Kier molecular flexibility index (Phi) is 11.2. The molecule has 1 aromatic heterocycles. The normalized spacial score (nSPS) is 12.8. The Morgan fingerprint density at radius 2 is 1.56 bits per heavy atom. The van der Waals surface area contributed by atoms with E-state index < -0.39 is 18.1 Å². The second-order valence-electron chi connectivity index (χ2n) is 9.31. The second kappa shape index (κ2) is 14.1. The summed E-state index contributed by atoms with van der Waals surface area (Å²) in [6, 6.07) is 10.9. The summed E-state index contributed by atoms with van der Waals surface area (Å²) < 4.78 is 1.60. The molecule has 11 heteroatoms. The van der Waals surface area contributed by atoms with Crippen LogP contribution in [-0.4, -0.2) is 69.8 Å². The number of hydrogen-bond acceptors (Lipinski definition) is 8. The van der Waals surface area contributed by atoms with E-state index in [0.29, 0.717) is 40.4 Å². The standard InChI is InChI=1S/C28H32ClN3O5S2/c1-16-3-8-25-22(11-16)21(17(2)32(25)27(35)18-4-6-19(29)7-5-18)12-20(33)13-26(34)23(14-38)30-9-10-31-24(15-39)28(36)37/h3-8,11,23-24,30-31,38-39H,9-10,12-15H2,1-2H3,(H,36,37)/t23-,24+/m1/s1. The molecule has 3 rings (SSSR count). The van der Waals surface area contributed by atoms with Gasteiger partial charge in [0, 0.05) is 52.7 Å². The van der Waals surface area contributed by atoms with Gasteiger partial charge in [0.1, 0.15) is 11.8 Å². The molecule has 0 spiro atoms. The first kappa shape index (κ1) is 30.9. The van der Waals surface area contributed by atoms with Gasteiger partial charge in [0.2, 0.25) is 0 Å². The zero-order chi connectivity index (χ0) is 28.7. The summed E-state index contributed by atoms with van der Waals surface area (Å²) in [4.78, 5) is 50.5. The molecule has 39 heavy (non-hydrogen) atoms. The van der Waals surface area contributed by atoms with E-state index in [2.05, 4.69) is 35.9 Å². The molecule has 2 atom stereocenters. The Labute approximate surface area is 243 Å². The molecule has 0 saturated carbocycles. The van der Waals surface area contributed by atoms with Crippen LogP contribution in [0, 0.1) is 13.8 Å². The summed E-state index contributed by atoms with van der Waals surface area (Å²) in [5, 5.41) is 16.3. The number of carbonyl (C=O) groups is 4.